The van der Waals surface area contributed by atoms with E-state index < -0.39 is 5.97 Å². The predicted octanol–water partition coefficient (Wildman–Crippen LogP) is 2.68. The first-order chi connectivity index (χ1) is 10.0. The number of aliphatic carboxylic acids is 1. The summed E-state index contributed by atoms with van der Waals surface area (Å²) in [7, 11) is 2.18. The molecular formula is C17H32N2O2. The molecule has 1 aliphatic heterocycles. The van der Waals surface area contributed by atoms with Crippen LogP contribution in [0, 0.1) is 11.8 Å². The van der Waals surface area contributed by atoms with Crippen LogP contribution >= 0.6 is 0 Å². The zero-order valence-corrected chi connectivity index (χ0v) is 13.9. The van der Waals surface area contributed by atoms with Crippen LogP contribution in [-0.2, 0) is 4.79 Å². The van der Waals surface area contributed by atoms with Gasteiger partial charge in [0.25, 0.3) is 0 Å². The molecule has 1 saturated heterocycles. The van der Waals surface area contributed by atoms with Crippen molar-refractivity contribution in [2.75, 3.05) is 26.7 Å². The van der Waals surface area contributed by atoms with Crippen molar-refractivity contribution in [1.29, 1.82) is 0 Å². The third kappa shape index (κ3) is 4.19. The number of hydrogen-bond acceptors (Lipinski definition) is 3. The van der Waals surface area contributed by atoms with E-state index in [0.717, 1.165) is 51.2 Å². The van der Waals surface area contributed by atoms with Crippen LogP contribution in [0.25, 0.3) is 0 Å². The van der Waals surface area contributed by atoms with E-state index in [1.54, 1.807) is 0 Å². The van der Waals surface area contributed by atoms with Gasteiger partial charge < -0.3 is 10.0 Å². The summed E-state index contributed by atoms with van der Waals surface area (Å²) in [5.74, 6) is -0.0208. The lowest BCUT2D eigenvalue weighted by Gasteiger charge is -2.43. The molecule has 4 nitrogen and oxygen atoms in total. The molecule has 2 fully saturated rings. The van der Waals surface area contributed by atoms with E-state index in [1.165, 1.54) is 12.8 Å². The molecule has 0 bridgehead atoms. The van der Waals surface area contributed by atoms with Crippen LogP contribution in [0.15, 0.2) is 0 Å². The van der Waals surface area contributed by atoms with Crippen LogP contribution in [0.4, 0.5) is 0 Å². The third-order valence-electron chi connectivity index (χ3n) is 5.46. The minimum atomic E-state index is -0.584. The van der Waals surface area contributed by atoms with E-state index in [0.29, 0.717) is 6.04 Å². The average molecular weight is 296 g/mol. The van der Waals surface area contributed by atoms with Gasteiger partial charge in [-0.05, 0) is 52.1 Å². The van der Waals surface area contributed by atoms with Gasteiger partial charge in [0.2, 0.25) is 0 Å². The molecule has 2 rings (SSSR count). The summed E-state index contributed by atoms with van der Waals surface area (Å²) < 4.78 is 0. The largest absolute Gasteiger partial charge is 0.481 e. The highest BCUT2D eigenvalue weighted by molar-refractivity contribution is 5.71. The van der Waals surface area contributed by atoms with Crippen molar-refractivity contribution in [3.63, 3.8) is 0 Å². The van der Waals surface area contributed by atoms with Crippen LogP contribution in [0.5, 0.6) is 0 Å². The van der Waals surface area contributed by atoms with Crippen molar-refractivity contribution in [2.45, 2.75) is 64.5 Å². The lowest BCUT2D eigenvalue weighted by Crippen LogP contribution is -2.52. The molecule has 0 spiro atoms. The summed E-state index contributed by atoms with van der Waals surface area (Å²) in [4.78, 5) is 16.6. The van der Waals surface area contributed by atoms with Crippen molar-refractivity contribution >= 4 is 5.97 Å². The van der Waals surface area contributed by atoms with E-state index in [1.807, 2.05) is 0 Å². The lowest BCUT2D eigenvalue weighted by atomic mass is 9.75. The maximum Gasteiger partial charge on any atom is 0.308 e. The summed E-state index contributed by atoms with van der Waals surface area (Å²) in [6.07, 6.45) is 6.67. The molecule has 0 amide bonds. The molecule has 4 atom stereocenters. The third-order valence-corrected chi connectivity index (χ3v) is 5.46. The molecule has 0 radical (unpaired) electrons. The standard InChI is InChI=1S/C17H32N2O2/c1-4-6-14-7-8-15(17(20)21)16(11-14)19-10-5-9-18(3)12-13(19)2/h13-16H,4-12H2,1-3H3,(H,20,21). The highest BCUT2D eigenvalue weighted by atomic mass is 16.4. The van der Waals surface area contributed by atoms with Crippen molar-refractivity contribution in [1.82, 2.24) is 9.80 Å². The number of likely N-dealkylation sites (N-methyl/N-ethyl adjacent to an activating group) is 1. The molecule has 1 N–H and O–H groups in total. The molecule has 122 valence electrons. The molecular weight excluding hydrogens is 264 g/mol. The second-order valence-corrected chi connectivity index (χ2v) is 7.18. The van der Waals surface area contributed by atoms with E-state index in [2.05, 4.69) is 30.7 Å². The fourth-order valence-corrected chi connectivity index (χ4v) is 4.44. The Balaban J connectivity index is 2.11. The highest BCUT2D eigenvalue weighted by Gasteiger charge is 2.40. The Labute approximate surface area is 129 Å². The summed E-state index contributed by atoms with van der Waals surface area (Å²) in [5, 5.41) is 9.63. The lowest BCUT2D eigenvalue weighted by molar-refractivity contribution is -0.146. The summed E-state index contributed by atoms with van der Waals surface area (Å²) in [6, 6.07) is 0.707. The summed E-state index contributed by atoms with van der Waals surface area (Å²) in [5.41, 5.74) is 0. The van der Waals surface area contributed by atoms with Gasteiger partial charge in [0, 0.05) is 25.2 Å². The molecule has 21 heavy (non-hydrogen) atoms. The van der Waals surface area contributed by atoms with Gasteiger partial charge >= 0.3 is 5.97 Å². The van der Waals surface area contributed by atoms with Crippen LogP contribution in [-0.4, -0.2) is 59.6 Å². The normalized spacial score (nSPS) is 36.3. The maximum atomic E-state index is 11.7. The van der Waals surface area contributed by atoms with Crippen molar-refractivity contribution in [3.05, 3.63) is 0 Å². The van der Waals surface area contributed by atoms with E-state index in [-0.39, 0.29) is 12.0 Å². The van der Waals surface area contributed by atoms with Crippen LogP contribution in [0.3, 0.4) is 0 Å². The fraction of sp³-hybridized carbons (Fsp3) is 0.941. The van der Waals surface area contributed by atoms with Crippen LogP contribution in [0.1, 0.15) is 52.4 Å². The number of nitrogens with zero attached hydrogens (tertiary/aromatic N) is 2. The Morgan fingerprint density at radius 1 is 1.29 bits per heavy atom. The first-order valence-corrected chi connectivity index (χ1v) is 8.70. The second kappa shape index (κ2) is 7.59. The zero-order valence-electron chi connectivity index (χ0n) is 13.9. The van der Waals surface area contributed by atoms with Gasteiger partial charge in [-0.25, -0.2) is 0 Å². The van der Waals surface area contributed by atoms with E-state index in [4.69, 9.17) is 0 Å². The average Bonchev–Trinajstić information content (AvgIpc) is 2.59. The molecule has 4 heteroatoms. The maximum absolute atomic E-state index is 11.7. The van der Waals surface area contributed by atoms with Gasteiger partial charge in [-0.2, -0.15) is 0 Å². The number of carboxylic acid groups (broad SMARTS) is 1. The summed E-state index contributed by atoms with van der Waals surface area (Å²) in [6.45, 7) is 7.75. The topological polar surface area (TPSA) is 43.8 Å². The molecule has 1 aliphatic carbocycles. The van der Waals surface area contributed by atoms with Gasteiger partial charge in [-0.15, -0.1) is 0 Å². The smallest absolute Gasteiger partial charge is 0.308 e. The monoisotopic (exact) mass is 296 g/mol. The van der Waals surface area contributed by atoms with Crippen molar-refractivity contribution in [2.24, 2.45) is 11.8 Å². The Kier molecular flexibility index (Phi) is 6.06. The molecule has 2 aliphatic rings. The van der Waals surface area contributed by atoms with Gasteiger partial charge in [0.05, 0.1) is 5.92 Å². The quantitative estimate of drug-likeness (QED) is 0.866. The molecule has 1 saturated carbocycles. The predicted molar refractivity (Wildman–Crippen MR) is 85.4 cm³/mol. The minimum absolute atomic E-state index is 0.163. The number of rotatable bonds is 4. The van der Waals surface area contributed by atoms with E-state index in [9.17, 15) is 9.90 Å². The fourth-order valence-electron chi connectivity index (χ4n) is 4.44. The van der Waals surface area contributed by atoms with Crippen LogP contribution < -0.4 is 0 Å². The minimum Gasteiger partial charge on any atom is -0.481 e. The summed E-state index contributed by atoms with van der Waals surface area (Å²) >= 11 is 0. The van der Waals surface area contributed by atoms with E-state index >= 15 is 0 Å². The molecule has 0 aromatic carbocycles. The number of carbonyl (C=O) groups is 1. The first-order valence-electron chi connectivity index (χ1n) is 8.70. The Morgan fingerprint density at radius 3 is 2.71 bits per heavy atom. The van der Waals surface area contributed by atoms with Crippen molar-refractivity contribution in [3.8, 4) is 0 Å². The Hall–Kier alpha value is -0.610. The number of hydrogen-bond donors (Lipinski definition) is 1. The SMILES string of the molecule is CCCC1CCC(C(=O)O)C(N2CCCN(C)CC2C)C1. The Bertz CT molecular complexity index is 348. The van der Waals surface area contributed by atoms with Crippen LogP contribution in [0.2, 0.25) is 0 Å². The van der Waals surface area contributed by atoms with Crippen molar-refractivity contribution < 1.29 is 9.90 Å². The second-order valence-electron chi connectivity index (χ2n) is 7.18. The van der Waals surface area contributed by atoms with Gasteiger partial charge in [-0.1, -0.05) is 19.8 Å². The van der Waals surface area contributed by atoms with Gasteiger partial charge in [-0.3, -0.25) is 9.69 Å². The van der Waals surface area contributed by atoms with Gasteiger partial charge in [0.15, 0.2) is 0 Å². The molecule has 4 unspecified atom stereocenters. The molecule has 0 aromatic heterocycles. The highest BCUT2D eigenvalue weighted by Crippen LogP contribution is 2.36. The number of carboxylic acids is 1. The zero-order chi connectivity index (χ0) is 15.4. The molecule has 1 heterocycles. The molecule has 0 aromatic rings. The Morgan fingerprint density at radius 2 is 2.05 bits per heavy atom. The van der Waals surface area contributed by atoms with Gasteiger partial charge in [0.1, 0.15) is 0 Å². The first kappa shape index (κ1) is 16.8.